The van der Waals surface area contributed by atoms with Crippen molar-refractivity contribution in [3.8, 4) is 0 Å². The predicted molar refractivity (Wildman–Crippen MR) is 107 cm³/mol. The van der Waals surface area contributed by atoms with Crippen LogP contribution in [0.1, 0.15) is 41.6 Å². The van der Waals surface area contributed by atoms with E-state index in [2.05, 4.69) is 5.32 Å². The Morgan fingerprint density at radius 2 is 1.79 bits per heavy atom. The summed E-state index contributed by atoms with van der Waals surface area (Å²) in [5.74, 6) is -0.278. The molecule has 0 radical (unpaired) electrons. The summed E-state index contributed by atoms with van der Waals surface area (Å²) in [6.45, 7) is 0.405. The second-order valence-electron chi connectivity index (χ2n) is 7.46. The predicted octanol–water partition coefficient (Wildman–Crippen LogP) is 2.47. The number of fused-ring (bicyclic) bond motifs is 1. The highest BCUT2D eigenvalue weighted by Crippen LogP contribution is 2.32. The second-order valence-corrected chi connectivity index (χ2v) is 9.32. The minimum Gasteiger partial charge on any atom is -0.393 e. The largest absolute Gasteiger partial charge is 0.393 e. The minimum atomic E-state index is -3.73. The lowest BCUT2D eigenvalue weighted by Gasteiger charge is -2.26. The first-order valence-electron chi connectivity index (χ1n) is 9.65. The molecular weight excluding hydrogens is 376 g/mol. The van der Waals surface area contributed by atoms with Gasteiger partial charge in [-0.1, -0.05) is 24.3 Å². The van der Waals surface area contributed by atoms with E-state index in [-0.39, 0.29) is 22.9 Å². The zero-order chi connectivity index (χ0) is 19.7. The Hall–Kier alpha value is -2.38. The first-order valence-corrected chi connectivity index (χ1v) is 11.1. The number of carbonyl (C=O) groups excluding carboxylic acids is 1. The van der Waals surface area contributed by atoms with Crippen LogP contribution in [0.5, 0.6) is 0 Å². The van der Waals surface area contributed by atoms with Gasteiger partial charge in [-0.25, -0.2) is 8.42 Å². The summed E-state index contributed by atoms with van der Waals surface area (Å²) in [5, 5.41) is 12.6. The van der Waals surface area contributed by atoms with Crippen LogP contribution in [0.15, 0.2) is 53.4 Å². The lowest BCUT2D eigenvalue weighted by molar-refractivity contribution is 0.0867. The van der Waals surface area contributed by atoms with Crippen LogP contribution in [-0.4, -0.2) is 38.1 Å². The highest BCUT2D eigenvalue weighted by Gasteiger charge is 2.31. The smallest absolute Gasteiger partial charge is 0.264 e. The summed E-state index contributed by atoms with van der Waals surface area (Å²) in [6.07, 6.45) is 3.21. The van der Waals surface area contributed by atoms with Crippen molar-refractivity contribution in [3.63, 3.8) is 0 Å². The fraction of sp³-hybridized carbons (Fsp3) is 0.381. The van der Waals surface area contributed by atoms with Crippen LogP contribution in [0.25, 0.3) is 0 Å². The SMILES string of the molecule is O=C(NC1CCC(O)CC1)c1cccc(S(=O)(=O)N2CCc3ccccc32)c1. The van der Waals surface area contributed by atoms with Crippen molar-refractivity contribution in [1.29, 1.82) is 0 Å². The Bertz CT molecular complexity index is 981. The number of hydrogen-bond acceptors (Lipinski definition) is 4. The van der Waals surface area contributed by atoms with E-state index in [1.165, 1.54) is 16.4 Å². The summed E-state index contributed by atoms with van der Waals surface area (Å²) in [5.41, 5.74) is 2.05. The molecule has 7 heteroatoms. The Morgan fingerprint density at radius 1 is 1.04 bits per heavy atom. The molecule has 2 N–H and O–H groups in total. The summed E-state index contributed by atoms with van der Waals surface area (Å²) in [4.78, 5) is 12.7. The van der Waals surface area contributed by atoms with Gasteiger partial charge in [0, 0.05) is 18.2 Å². The van der Waals surface area contributed by atoms with E-state index in [9.17, 15) is 18.3 Å². The molecule has 0 atom stereocenters. The van der Waals surface area contributed by atoms with Crippen molar-refractivity contribution in [3.05, 3.63) is 59.7 Å². The van der Waals surface area contributed by atoms with E-state index in [1.807, 2.05) is 24.3 Å². The molecule has 1 saturated carbocycles. The van der Waals surface area contributed by atoms with Crippen molar-refractivity contribution in [2.45, 2.75) is 49.1 Å². The molecule has 1 fully saturated rings. The summed E-state index contributed by atoms with van der Waals surface area (Å²) >= 11 is 0. The molecule has 2 aliphatic rings. The molecular formula is C21H24N2O4S. The highest BCUT2D eigenvalue weighted by molar-refractivity contribution is 7.92. The lowest BCUT2D eigenvalue weighted by Crippen LogP contribution is -2.38. The molecule has 2 aromatic carbocycles. The summed E-state index contributed by atoms with van der Waals surface area (Å²) < 4.78 is 27.7. The van der Waals surface area contributed by atoms with Gasteiger partial charge < -0.3 is 10.4 Å². The molecule has 1 aliphatic carbocycles. The van der Waals surface area contributed by atoms with Gasteiger partial charge in [0.25, 0.3) is 15.9 Å². The number of aliphatic hydroxyl groups is 1. The van der Waals surface area contributed by atoms with E-state index >= 15 is 0 Å². The third kappa shape index (κ3) is 3.64. The Kier molecular flexibility index (Phi) is 5.12. The van der Waals surface area contributed by atoms with E-state index in [0.717, 1.165) is 18.4 Å². The van der Waals surface area contributed by atoms with Crippen LogP contribution in [0, 0.1) is 0 Å². The number of hydrogen-bond donors (Lipinski definition) is 2. The fourth-order valence-electron chi connectivity index (χ4n) is 3.97. The summed E-state index contributed by atoms with van der Waals surface area (Å²) in [7, 11) is -3.73. The molecule has 6 nitrogen and oxygen atoms in total. The Morgan fingerprint density at radius 3 is 2.57 bits per heavy atom. The maximum Gasteiger partial charge on any atom is 0.264 e. The number of anilines is 1. The van der Waals surface area contributed by atoms with Crippen molar-refractivity contribution in [1.82, 2.24) is 5.32 Å². The first kappa shape index (κ1) is 19.0. The number of nitrogens with one attached hydrogen (secondary N) is 1. The zero-order valence-corrected chi connectivity index (χ0v) is 16.4. The fourth-order valence-corrected chi connectivity index (χ4v) is 5.52. The number of rotatable bonds is 4. The lowest BCUT2D eigenvalue weighted by atomic mass is 9.93. The van der Waals surface area contributed by atoms with Gasteiger partial charge >= 0.3 is 0 Å². The maximum atomic E-state index is 13.2. The maximum absolute atomic E-state index is 13.2. The molecule has 0 aromatic heterocycles. The van der Waals surface area contributed by atoms with Crippen LogP contribution in [0.3, 0.4) is 0 Å². The van der Waals surface area contributed by atoms with E-state index < -0.39 is 10.0 Å². The van der Waals surface area contributed by atoms with Crippen molar-refractivity contribution < 1.29 is 18.3 Å². The average Bonchev–Trinajstić information content (AvgIpc) is 3.15. The molecule has 148 valence electrons. The van der Waals surface area contributed by atoms with Crippen molar-refractivity contribution in [2.75, 3.05) is 10.8 Å². The van der Waals surface area contributed by atoms with Gasteiger partial charge in [-0.2, -0.15) is 0 Å². The number of carbonyl (C=O) groups is 1. The number of benzene rings is 2. The molecule has 0 unspecified atom stereocenters. The monoisotopic (exact) mass is 400 g/mol. The van der Waals surface area contributed by atoms with E-state index in [0.29, 0.717) is 37.1 Å². The first-order chi connectivity index (χ1) is 13.4. The van der Waals surface area contributed by atoms with Gasteiger partial charge in [-0.05, 0) is 61.9 Å². The normalized spacial score (nSPS) is 22.0. The molecule has 0 bridgehead atoms. The Labute approximate surface area is 165 Å². The molecule has 1 amide bonds. The minimum absolute atomic E-state index is 0.0154. The standard InChI is InChI=1S/C21H24N2O4S/c24-18-10-8-17(9-11-18)22-21(25)16-5-3-6-19(14-16)28(26,27)23-13-12-15-4-1-2-7-20(15)23/h1-7,14,17-18,24H,8-13H2,(H,22,25). The van der Waals surface area contributed by atoms with Gasteiger partial charge in [-0.15, -0.1) is 0 Å². The number of amides is 1. The van der Waals surface area contributed by atoms with Crippen molar-refractivity contribution >= 4 is 21.6 Å². The quantitative estimate of drug-likeness (QED) is 0.825. The molecule has 1 aliphatic heterocycles. The van der Waals surface area contributed by atoms with Gasteiger partial charge in [0.15, 0.2) is 0 Å². The van der Waals surface area contributed by atoms with Gasteiger partial charge in [-0.3, -0.25) is 9.10 Å². The summed E-state index contributed by atoms with van der Waals surface area (Å²) in [6, 6.07) is 13.7. The number of nitrogens with zero attached hydrogens (tertiary/aromatic N) is 1. The second kappa shape index (κ2) is 7.56. The van der Waals surface area contributed by atoms with Gasteiger partial charge in [0.2, 0.25) is 0 Å². The third-order valence-electron chi connectivity index (χ3n) is 5.56. The molecule has 2 aromatic rings. The molecule has 0 spiro atoms. The molecule has 1 heterocycles. The van der Waals surface area contributed by atoms with Gasteiger partial charge in [0.1, 0.15) is 0 Å². The van der Waals surface area contributed by atoms with Crippen LogP contribution in [0.2, 0.25) is 0 Å². The zero-order valence-electron chi connectivity index (χ0n) is 15.5. The molecule has 0 saturated heterocycles. The highest BCUT2D eigenvalue weighted by atomic mass is 32.2. The van der Waals surface area contributed by atoms with Crippen molar-refractivity contribution in [2.24, 2.45) is 0 Å². The Balaban J connectivity index is 1.54. The number of aliphatic hydroxyl groups excluding tert-OH is 1. The van der Waals surface area contributed by atoms with E-state index in [4.69, 9.17) is 0 Å². The third-order valence-corrected chi connectivity index (χ3v) is 7.37. The number of para-hydroxylation sites is 1. The van der Waals surface area contributed by atoms with Crippen LogP contribution in [0.4, 0.5) is 5.69 Å². The van der Waals surface area contributed by atoms with Crippen LogP contribution >= 0.6 is 0 Å². The van der Waals surface area contributed by atoms with Crippen LogP contribution < -0.4 is 9.62 Å². The molecule has 28 heavy (non-hydrogen) atoms. The van der Waals surface area contributed by atoms with Crippen LogP contribution in [-0.2, 0) is 16.4 Å². The average molecular weight is 401 g/mol. The van der Waals surface area contributed by atoms with E-state index in [1.54, 1.807) is 12.1 Å². The molecule has 4 rings (SSSR count). The topological polar surface area (TPSA) is 86.7 Å². The van der Waals surface area contributed by atoms with Gasteiger partial charge in [0.05, 0.1) is 16.7 Å². The number of sulfonamides is 1.